The third kappa shape index (κ3) is 6.46. The molecule has 0 bridgehead atoms. The molecule has 1 amide bonds. The summed E-state index contributed by atoms with van der Waals surface area (Å²) in [6, 6.07) is 10.5. The lowest BCUT2D eigenvalue weighted by atomic mass is 9.71. The number of hydrogen-bond acceptors (Lipinski definition) is 7. The average molecular weight is 575 g/mol. The van der Waals surface area contributed by atoms with Crippen molar-refractivity contribution in [2.75, 3.05) is 23.3 Å². The predicted molar refractivity (Wildman–Crippen MR) is 154 cm³/mol. The molecule has 39 heavy (non-hydrogen) atoms. The molecule has 3 aliphatic rings. The van der Waals surface area contributed by atoms with Crippen LogP contribution >= 0.6 is 11.6 Å². The van der Waals surface area contributed by atoms with Crippen LogP contribution in [0.5, 0.6) is 5.75 Å². The van der Waals surface area contributed by atoms with Gasteiger partial charge in [0.2, 0.25) is 0 Å². The minimum absolute atomic E-state index is 0.174. The fourth-order valence-corrected chi connectivity index (χ4v) is 6.83. The minimum Gasteiger partial charge on any atom is -0.475 e. The van der Waals surface area contributed by atoms with E-state index in [0.717, 1.165) is 57.3 Å². The Balaban J connectivity index is 1.27. The zero-order valence-corrected chi connectivity index (χ0v) is 24.6. The van der Waals surface area contributed by atoms with E-state index < -0.39 is 21.5 Å². The molecule has 3 fully saturated rings. The summed E-state index contributed by atoms with van der Waals surface area (Å²) in [5.41, 5.74) is -0.193. The van der Waals surface area contributed by atoms with E-state index in [1.165, 1.54) is 6.07 Å². The first-order chi connectivity index (χ1) is 18.5. The van der Waals surface area contributed by atoms with E-state index in [2.05, 4.69) is 40.7 Å². The summed E-state index contributed by atoms with van der Waals surface area (Å²) in [5, 5.41) is 3.91. The molecule has 2 saturated carbocycles. The normalized spacial score (nSPS) is 22.8. The molecule has 1 aromatic heterocycles. The lowest BCUT2D eigenvalue weighted by molar-refractivity contribution is -0.127. The van der Waals surface area contributed by atoms with Crippen LogP contribution in [-0.2, 0) is 14.8 Å². The molecule has 2 heterocycles. The van der Waals surface area contributed by atoms with Gasteiger partial charge in [0, 0.05) is 43.1 Å². The molecule has 10 heteroatoms. The van der Waals surface area contributed by atoms with Crippen LogP contribution < -0.4 is 19.7 Å². The molecule has 1 saturated heterocycles. The van der Waals surface area contributed by atoms with E-state index in [9.17, 15) is 13.2 Å². The molecule has 8 nitrogen and oxygen atoms in total. The smallest absolute Gasteiger partial charge is 0.281 e. The van der Waals surface area contributed by atoms with Gasteiger partial charge in [0.15, 0.2) is 10.6 Å². The minimum atomic E-state index is -4.16. The van der Waals surface area contributed by atoms with Crippen LogP contribution in [0.3, 0.4) is 0 Å². The van der Waals surface area contributed by atoms with Crippen molar-refractivity contribution in [3.8, 4) is 5.75 Å². The number of pyridine rings is 1. The van der Waals surface area contributed by atoms with Gasteiger partial charge in [0.05, 0.1) is 5.69 Å². The van der Waals surface area contributed by atoms with Crippen molar-refractivity contribution in [2.24, 2.45) is 11.3 Å². The summed E-state index contributed by atoms with van der Waals surface area (Å²) >= 11 is 6.30. The van der Waals surface area contributed by atoms with Crippen molar-refractivity contribution in [3.63, 3.8) is 0 Å². The number of halogens is 1. The first kappa shape index (κ1) is 28.0. The molecule has 0 atom stereocenters. The Hall–Kier alpha value is -2.52. The molecular formula is C29H39ClN4O4S. The van der Waals surface area contributed by atoms with Gasteiger partial charge in [-0.05, 0) is 74.1 Å². The third-order valence-corrected chi connectivity index (χ3v) is 9.79. The fraction of sp³-hybridized carbons (Fsp3) is 0.586. The number of anilines is 2. The second-order valence-electron chi connectivity index (χ2n) is 12.3. The Morgan fingerprint density at radius 2 is 1.77 bits per heavy atom. The van der Waals surface area contributed by atoms with Crippen molar-refractivity contribution in [1.82, 2.24) is 9.71 Å². The van der Waals surface area contributed by atoms with Crippen molar-refractivity contribution >= 4 is 39.0 Å². The van der Waals surface area contributed by atoms with E-state index >= 15 is 0 Å². The number of carbonyl (C=O) groups is 1. The van der Waals surface area contributed by atoms with Gasteiger partial charge < -0.3 is 15.0 Å². The summed E-state index contributed by atoms with van der Waals surface area (Å²) in [5.74, 6) is 1.07. The Kier molecular flexibility index (Phi) is 7.76. The molecule has 1 aliphatic heterocycles. The maximum absolute atomic E-state index is 13.3. The highest BCUT2D eigenvalue weighted by Crippen LogP contribution is 2.45. The lowest BCUT2D eigenvalue weighted by Gasteiger charge is -2.37. The van der Waals surface area contributed by atoms with Crippen molar-refractivity contribution in [1.29, 1.82) is 0 Å². The summed E-state index contributed by atoms with van der Waals surface area (Å²) in [6.45, 7) is 8.59. The van der Waals surface area contributed by atoms with Gasteiger partial charge in [-0.25, -0.2) is 9.71 Å². The van der Waals surface area contributed by atoms with Gasteiger partial charge in [-0.2, -0.15) is 8.42 Å². The van der Waals surface area contributed by atoms with E-state index in [-0.39, 0.29) is 5.03 Å². The van der Waals surface area contributed by atoms with Crippen LogP contribution in [0.25, 0.3) is 0 Å². The summed E-state index contributed by atoms with van der Waals surface area (Å²) in [6.07, 6.45) is 7.34. The molecular weight excluding hydrogens is 536 g/mol. The number of hydrogen-bond donors (Lipinski definition) is 2. The monoisotopic (exact) mass is 574 g/mol. The van der Waals surface area contributed by atoms with Crippen LogP contribution in [-0.4, -0.2) is 44.0 Å². The summed E-state index contributed by atoms with van der Waals surface area (Å²) in [4.78, 5) is 19.7. The highest BCUT2D eigenvalue weighted by Gasteiger charge is 2.54. The number of rotatable bonds is 8. The van der Waals surface area contributed by atoms with Gasteiger partial charge in [-0.1, -0.05) is 38.4 Å². The number of ether oxygens (including phenoxy) is 1. The SMILES string of the molecule is CC(C)(C)C1CCC(Nc2ccc(Cl)cc2OC2(C(=O)NS(=O)(=O)c3cccc(N4CCCC4)n3)CC2)CC1. The van der Waals surface area contributed by atoms with E-state index in [1.54, 1.807) is 24.3 Å². The molecule has 2 aromatic rings. The second-order valence-corrected chi connectivity index (χ2v) is 14.3. The number of nitrogens with one attached hydrogen (secondary N) is 2. The third-order valence-electron chi connectivity index (χ3n) is 8.32. The highest BCUT2D eigenvalue weighted by molar-refractivity contribution is 7.90. The van der Waals surface area contributed by atoms with Crippen LogP contribution in [0, 0.1) is 11.3 Å². The topological polar surface area (TPSA) is 101 Å². The summed E-state index contributed by atoms with van der Waals surface area (Å²) < 4.78 is 34.7. The number of aromatic nitrogens is 1. The molecule has 1 aromatic carbocycles. The molecule has 5 rings (SSSR count). The van der Waals surface area contributed by atoms with Crippen molar-refractivity contribution < 1.29 is 17.9 Å². The maximum Gasteiger partial charge on any atom is 0.281 e. The van der Waals surface area contributed by atoms with Gasteiger partial charge in [0.1, 0.15) is 11.6 Å². The largest absolute Gasteiger partial charge is 0.475 e. The van der Waals surface area contributed by atoms with Crippen molar-refractivity contribution in [2.45, 2.75) is 88.8 Å². The van der Waals surface area contributed by atoms with Crippen LogP contribution in [0.2, 0.25) is 5.02 Å². The summed E-state index contributed by atoms with van der Waals surface area (Å²) in [7, 11) is -4.16. The highest BCUT2D eigenvalue weighted by atomic mass is 35.5. The van der Waals surface area contributed by atoms with Crippen LogP contribution in [0.1, 0.15) is 72.1 Å². The van der Waals surface area contributed by atoms with Gasteiger partial charge in [-0.3, -0.25) is 4.79 Å². The van der Waals surface area contributed by atoms with E-state index in [1.807, 2.05) is 6.07 Å². The molecule has 2 N–H and O–H groups in total. The van der Waals surface area contributed by atoms with Crippen LogP contribution in [0.15, 0.2) is 41.4 Å². The first-order valence-corrected chi connectivity index (χ1v) is 15.9. The Morgan fingerprint density at radius 1 is 1.08 bits per heavy atom. The second kappa shape index (κ2) is 10.8. The Bertz CT molecular complexity index is 1310. The number of carbonyl (C=O) groups excluding carboxylic acids is 1. The molecule has 0 radical (unpaired) electrons. The Labute approximate surface area is 236 Å². The number of nitrogens with zero attached hydrogens (tertiary/aromatic N) is 2. The molecule has 212 valence electrons. The van der Waals surface area contributed by atoms with E-state index in [0.29, 0.717) is 46.8 Å². The molecule has 2 aliphatic carbocycles. The first-order valence-electron chi connectivity index (χ1n) is 14.0. The Morgan fingerprint density at radius 3 is 2.41 bits per heavy atom. The molecule has 0 unspecified atom stereocenters. The zero-order valence-electron chi connectivity index (χ0n) is 23.0. The van der Waals surface area contributed by atoms with E-state index in [4.69, 9.17) is 16.3 Å². The lowest BCUT2D eigenvalue weighted by Crippen LogP contribution is -2.43. The number of sulfonamides is 1. The van der Waals surface area contributed by atoms with Crippen LogP contribution in [0.4, 0.5) is 11.5 Å². The standard InChI is InChI=1S/C29H39ClN4O4S/c1-28(2,3)20-9-12-22(13-10-20)31-23-14-11-21(30)19-24(23)38-29(15-16-29)27(35)33-39(36,37)26-8-6-7-25(32-26)34-17-4-5-18-34/h6-8,11,14,19-20,22,31H,4-5,9-10,12-13,15-18H2,1-3H3,(H,33,35). The van der Waals surface area contributed by atoms with Gasteiger partial charge >= 0.3 is 0 Å². The van der Waals surface area contributed by atoms with Gasteiger partial charge in [0.25, 0.3) is 15.9 Å². The number of benzene rings is 1. The molecule has 0 spiro atoms. The average Bonchev–Trinajstić information content (AvgIpc) is 3.46. The maximum atomic E-state index is 13.3. The number of amides is 1. The fourth-order valence-electron chi connectivity index (χ4n) is 5.67. The zero-order chi connectivity index (χ0) is 27.8. The van der Waals surface area contributed by atoms with Crippen molar-refractivity contribution in [3.05, 3.63) is 41.4 Å². The van der Waals surface area contributed by atoms with Gasteiger partial charge in [-0.15, -0.1) is 0 Å². The quantitative estimate of drug-likeness (QED) is 0.413. The predicted octanol–water partition coefficient (Wildman–Crippen LogP) is 5.77.